The van der Waals surface area contributed by atoms with Gasteiger partial charge < -0.3 is 23.8 Å². The molecular weight excluding hydrogens is 492 g/mol. The second-order valence-electron chi connectivity index (χ2n) is 9.77. The smallest absolute Gasteiger partial charge is 0.161 e. The third-order valence-electron chi connectivity index (χ3n) is 7.40. The van der Waals surface area contributed by atoms with Crippen molar-refractivity contribution in [2.24, 2.45) is 0 Å². The number of ether oxygens (including phenoxy) is 4. The molecule has 202 valence electrons. The van der Waals surface area contributed by atoms with E-state index in [4.69, 9.17) is 23.9 Å². The van der Waals surface area contributed by atoms with Crippen molar-refractivity contribution in [3.8, 4) is 33.9 Å². The molecule has 1 aromatic heterocycles. The van der Waals surface area contributed by atoms with Gasteiger partial charge in [0.2, 0.25) is 0 Å². The number of morpholine rings is 2. The predicted octanol–water partition coefficient (Wildman–Crippen LogP) is 4.52. The minimum Gasteiger partial charge on any atom is -0.493 e. The van der Waals surface area contributed by atoms with Crippen LogP contribution in [-0.4, -0.2) is 87.7 Å². The lowest BCUT2D eigenvalue weighted by Gasteiger charge is -2.29. The van der Waals surface area contributed by atoms with Gasteiger partial charge in [-0.25, -0.2) is 9.97 Å². The molecule has 8 heteroatoms. The van der Waals surface area contributed by atoms with Crippen molar-refractivity contribution in [1.82, 2.24) is 14.9 Å². The maximum Gasteiger partial charge on any atom is 0.161 e. The van der Waals surface area contributed by atoms with Crippen molar-refractivity contribution in [3.63, 3.8) is 0 Å². The van der Waals surface area contributed by atoms with Crippen molar-refractivity contribution in [2.75, 3.05) is 77.8 Å². The molecule has 0 spiro atoms. The zero-order chi connectivity index (χ0) is 26.4. The van der Waals surface area contributed by atoms with E-state index in [0.29, 0.717) is 6.61 Å². The molecule has 3 heterocycles. The van der Waals surface area contributed by atoms with Gasteiger partial charge in [0.1, 0.15) is 12.9 Å². The predicted molar refractivity (Wildman–Crippen MR) is 153 cm³/mol. The fourth-order valence-corrected chi connectivity index (χ4v) is 5.22. The zero-order valence-corrected chi connectivity index (χ0v) is 22.3. The Balaban J connectivity index is 1.28. The molecule has 0 N–H and O–H groups in total. The Bertz CT molecular complexity index is 1420. The van der Waals surface area contributed by atoms with Crippen LogP contribution >= 0.6 is 0 Å². The van der Waals surface area contributed by atoms with E-state index < -0.39 is 0 Å². The average molecular weight is 527 g/mol. The summed E-state index contributed by atoms with van der Waals surface area (Å²) < 4.78 is 22.8. The number of fused-ring (bicyclic) bond motifs is 1. The number of nitrogens with zero attached hydrogens (tertiary/aromatic N) is 4. The first kappa shape index (κ1) is 25.6. The molecule has 4 aromatic rings. The maximum absolute atomic E-state index is 6.20. The second-order valence-corrected chi connectivity index (χ2v) is 9.77. The van der Waals surface area contributed by atoms with Gasteiger partial charge in [0.15, 0.2) is 11.5 Å². The quantitative estimate of drug-likeness (QED) is 0.332. The highest BCUT2D eigenvalue weighted by atomic mass is 16.5. The Labute approximate surface area is 229 Å². The molecule has 0 amide bonds. The summed E-state index contributed by atoms with van der Waals surface area (Å²) in [5, 5.41) is 1.01. The molecule has 2 aliphatic rings. The van der Waals surface area contributed by atoms with Crippen LogP contribution in [0.2, 0.25) is 0 Å². The molecule has 0 bridgehead atoms. The van der Waals surface area contributed by atoms with E-state index in [1.807, 2.05) is 6.07 Å². The standard InChI is InChI=1S/C31H34N4O4/c1-36-29-8-6-24(21-30(29)39-18-11-34-9-14-37-15-10-34)23-5-7-28-27(20-23)31(33-22-32-28)25-3-2-4-26(19-25)35-12-16-38-17-13-35/h2-8,19-22H,9-18H2,1H3. The van der Waals surface area contributed by atoms with Crippen molar-refractivity contribution < 1.29 is 18.9 Å². The topological polar surface area (TPSA) is 69.2 Å². The van der Waals surface area contributed by atoms with Crippen molar-refractivity contribution in [3.05, 3.63) is 67.0 Å². The Hall–Kier alpha value is -3.72. The first-order valence-corrected chi connectivity index (χ1v) is 13.6. The van der Waals surface area contributed by atoms with E-state index in [2.05, 4.69) is 69.4 Å². The molecule has 0 atom stereocenters. The van der Waals surface area contributed by atoms with E-state index in [0.717, 1.165) is 104 Å². The monoisotopic (exact) mass is 526 g/mol. The molecule has 0 radical (unpaired) electrons. The van der Waals surface area contributed by atoms with Crippen LogP contribution in [0, 0.1) is 0 Å². The van der Waals surface area contributed by atoms with Gasteiger partial charge in [-0.3, -0.25) is 4.90 Å². The summed E-state index contributed by atoms with van der Waals surface area (Å²) >= 11 is 0. The zero-order valence-electron chi connectivity index (χ0n) is 22.3. The molecule has 39 heavy (non-hydrogen) atoms. The molecule has 2 fully saturated rings. The fourth-order valence-electron chi connectivity index (χ4n) is 5.22. The fraction of sp³-hybridized carbons (Fsp3) is 0.355. The van der Waals surface area contributed by atoms with Crippen LogP contribution in [0.25, 0.3) is 33.3 Å². The van der Waals surface area contributed by atoms with E-state index >= 15 is 0 Å². The second kappa shape index (κ2) is 12.0. The highest BCUT2D eigenvalue weighted by Gasteiger charge is 2.15. The van der Waals surface area contributed by atoms with Crippen LogP contribution in [0.1, 0.15) is 0 Å². The molecule has 2 aliphatic heterocycles. The molecule has 0 saturated carbocycles. The van der Waals surface area contributed by atoms with Crippen molar-refractivity contribution >= 4 is 16.6 Å². The largest absolute Gasteiger partial charge is 0.493 e. The summed E-state index contributed by atoms with van der Waals surface area (Å²) in [6.07, 6.45) is 1.65. The number of methoxy groups -OCH3 is 1. The molecule has 8 nitrogen and oxygen atoms in total. The van der Waals surface area contributed by atoms with Crippen LogP contribution in [0.3, 0.4) is 0 Å². The van der Waals surface area contributed by atoms with Gasteiger partial charge in [-0.15, -0.1) is 0 Å². The lowest BCUT2D eigenvalue weighted by atomic mass is 9.99. The summed E-state index contributed by atoms with van der Waals surface area (Å²) in [5.41, 5.74) is 6.22. The van der Waals surface area contributed by atoms with Crippen LogP contribution in [0.5, 0.6) is 11.5 Å². The van der Waals surface area contributed by atoms with E-state index in [-0.39, 0.29) is 0 Å². The SMILES string of the molecule is COc1ccc(-c2ccc3ncnc(-c4cccc(N5CCOCC5)c4)c3c2)cc1OCCN1CCOCC1. The minimum absolute atomic E-state index is 0.592. The Morgan fingerprint density at radius 2 is 1.54 bits per heavy atom. The van der Waals surface area contributed by atoms with Gasteiger partial charge in [0.05, 0.1) is 44.7 Å². The minimum atomic E-state index is 0.592. The van der Waals surface area contributed by atoms with Gasteiger partial charge in [0.25, 0.3) is 0 Å². The van der Waals surface area contributed by atoms with Crippen molar-refractivity contribution in [1.29, 1.82) is 0 Å². The van der Waals surface area contributed by atoms with Crippen molar-refractivity contribution in [2.45, 2.75) is 0 Å². The van der Waals surface area contributed by atoms with Crippen LogP contribution in [0.4, 0.5) is 5.69 Å². The third kappa shape index (κ3) is 5.83. The highest BCUT2D eigenvalue weighted by molar-refractivity contribution is 5.95. The third-order valence-corrected chi connectivity index (χ3v) is 7.40. The Kier molecular flexibility index (Phi) is 7.85. The summed E-state index contributed by atoms with van der Waals surface area (Å²) in [6, 6.07) is 21.0. The summed E-state index contributed by atoms with van der Waals surface area (Å²) in [4.78, 5) is 14.0. The van der Waals surface area contributed by atoms with Gasteiger partial charge >= 0.3 is 0 Å². The normalized spacial score (nSPS) is 16.4. The number of hydrogen-bond acceptors (Lipinski definition) is 8. The van der Waals surface area contributed by atoms with E-state index in [9.17, 15) is 0 Å². The summed E-state index contributed by atoms with van der Waals surface area (Å²) in [7, 11) is 1.68. The number of hydrogen-bond donors (Lipinski definition) is 0. The number of rotatable bonds is 8. The first-order chi connectivity index (χ1) is 19.3. The lowest BCUT2D eigenvalue weighted by molar-refractivity contribution is 0.0321. The molecule has 3 aromatic carbocycles. The molecular formula is C31H34N4O4. The Morgan fingerprint density at radius 3 is 2.36 bits per heavy atom. The molecule has 2 saturated heterocycles. The summed E-state index contributed by atoms with van der Waals surface area (Å²) in [5.74, 6) is 1.47. The van der Waals surface area contributed by atoms with Crippen LogP contribution in [-0.2, 0) is 9.47 Å². The molecule has 0 unspecified atom stereocenters. The van der Waals surface area contributed by atoms with Crippen LogP contribution in [0.15, 0.2) is 67.0 Å². The van der Waals surface area contributed by atoms with E-state index in [1.54, 1.807) is 13.4 Å². The molecule has 6 rings (SSSR count). The molecule has 0 aliphatic carbocycles. The van der Waals surface area contributed by atoms with Gasteiger partial charge in [0, 0.05) is 49.4 Å². The number of anilines is 1. The summed E-state index contributed by atoms with van der Waals surface area (Å²) in [6.45, 7) is 8.20. The van der Waals surface area contributed by atoms with Gasteiger partial charge in [-0.1, -0.05) is 24.3 Å². The average Bonchev–Trinajstić information content (AvgIpc) is 3.01. The first-order valence-electron chi connectivity index (χ1n) is 13.6. The van der Waals surface area contributed by atoms with Crippen LogP contribution < -0.4 is 14.4 Å². The number of aromatic nitrogens is 2. The van der Waals surface area contributed by atoms with E-state index in [1.165, 1.54) is 5.69 Å². The Morgan fingerprint density at radius 1 is 0.769 bits per heavy atom. The number of benzene rings is 3. The highest BCUT2D eigenvalue weighted by Crippen LogP contribution is 2.35. The van der Waals surface area contributed by atoms with Gasteiger partial charge in [-0.2, -0.15) is 0 Å². The van der Waals surface area contributed by atoms with Gasteiger partial charge in [-0.05, 0) is 47.5 Å². The maximum atomic E-state index is 6.20. The lowest BCUT2D eigenvalue weighted by Crippen LogP contribution is -2.38.